The van der Waals surface area contributed by atoms with Crippen molar-refractivity contribution in [2.45, 2.75) is 6.92 Å². The molecule has 0 saturated carbocycles. The summed E-state index contributed by atoms with van der Waals surface area (Å²) in [6.07, 6.45) is 1.53. The van der Waals surface area contributed by atoms with Gasteiger partial charge in [-0.15, -0.1) is 11.3 Å². The van der Waals surface area contributed by atoms with E-state index in [0.717, 1.165) is 11.3 Å². The van der Waals surface area contributed by atoms with Gasteiger partial charge < -0.3 is 9.52 Å². The van der Waals surface area contributed by atoms with Gasteiger partial charge in [-0.25, -0.2) is 14.8 Å². The highest BCUT2D eigenvalue weighted by molar-refractivity contribution is 7.12. The second kappa shape index (κ2) is 3.22. The summed E-state index contributed by atoms with van der Waals surface area (Å²) in [4.78, 5) is 18.7. The van der Waals surface area contributed by atoms with Crippen LogP contribution in [0.2, 0.25) is 0 Å². The van der Waals surface area contributed by atoms with Crippen molar-refractivity contribution in [3.8, 4) is 11.6 Å². The van der Waals surface area contributed by atoms with E-state index >= 15 is 0 Å². The Kier molecular flexibility index (Phi) is 2.05. The van der Waals surface area contributed by atoms with Gasteiger partial charge in [-0.2, -0.15) is 0 Å². The third kappa shape index (κ3) is 1.39. The molecule has 0 aliphatic heterocycles. The zero-order valence-corrected chi connectivity index (χ0v) is 8.04. The molecular weight excluding hydrogens is 204 g/mol. The lowest BCUT2D eigenvalue weighted by Gasteiger charge is -1.91. The SMILES string of the molecule is Cc1cnc(-c2ncsc2C(=O)O)o1. The van der Waals surface area contributed by atoms with Crippen LogP contribution in [0.4, 0.5) is 0 Å². The van der Waals surface area contributed by atoms with Crippen LogP contribution in [0, 0.1) is 6.92 Å². The minimum Gasteiger partial charge on any atom is -0.477 e. The summed E-state index contributed by atoms with van der Waals surface area (Å²) < 4.78 is 5.19. The summed E-state index contributed by atoms with van der Waals surface area (Å²) in [5.74, 6) is -0.135. The molecule has 0 unspecified atom stereocenters. The molecule has 0 amide bonds. The molecule has 5 nitrogen and oxygen atoms in total. The average Bonchev–Trinajstić information content (AvgIpc) is 2.70. The number of nitrogens with zero attached hydrogens (tertiary/aromatic N) is 2. The molecule has 14 heavy (non-hydrogen) atoms. The summed E-state index contributed by atoms with van der Waals surface area (Å²) in [6.45, 7) is 1.74. The third-order valence-electron chi connectivity index (χ3n) is 1.59. The molecule has 2 rings (SSSR count). The number of aromatic nitrogens is 2. The van der Waals surface area contributed by atoms with Crippen molar-refractivity contribution < 1.29 is 14.3 Å². The van der Waals surface area contributed by atoms with Crippen LogP contribution < -0.4 is 0 Å². The van der Waals surface area contributed by atoms with Gasteiger partial charge in [0.25, 0.3) is 0 Å². The summed E-state index contributed by atoms with van der Waals surface area (Å²) in [7, 11) is 0. The predicted molar refractivity (Wildman–Crippen MR) is 49.3 cm³/mol. The normalized spacial score (nSPS) is 10.4. The fourth-order valence-electron chi connectivity index (χ4n) is 1.01. The molecule has 2 aromatic rings. The summed E-state index contributed by atoms with van der Waals surface area (Å²) in [5.41, 5.74) is 1.74. The fraction of sp³-hybridized carbons (Fsp3) is 0.125. The van der Waals surface area contributed by atoms with Gasteiger partial charge in [-0.1, -0.05) is 0 Å². The Bertz CT molecular complexity index is 474. The molecule has 0 aliphatic carbocycles. The van der Waals surface area contributed by atoms with E-state index in [4.69, 9.17) is 9.52 Å². The molecule has 0 radical (unpaired) electrons. The van der Waals surface area contributed by atoms with Gasteiger partial charge in [0.15, 0.2) is 5.69 Å². The Labute approximate surface area is 83.0 Å². The van der Waals surface area contributed by atoms with Crippen LogP contribution in [-0.4, -0.2) is 21.0 Å². The maximum atomic E-state index is 10.8. The minimum absolute atomic E-state index is 0.145. The number of carbonyl (C=O) groups is 1. The van der Waals surface area contributed by atoms with Crippen LogP contribution in [0.5, 0.6) is 0 Å². The highest BCUT2D eigenvalue weighted by Crippen LogP contribution is 2.24. The highest BCUT2D eigenvalue weighted by Gasteiger charge is 2.18. The molecule has 2 heterocycles. The number of hydrogen-bond acceptors (Lipinski definition) is 5. The Morgan fingerprint density at radius 2 is 2.36 bits per heavy atom. The Balaban J connectivity index is 2.51. The second-order valence-electron chi connectivity index (χ2n) is 2.61. The van der Waals surface area contributed by atoms with Crippen molar-refractivity contribution in [2.24, 2.45) is 0 Å². The Morgan fingerprint density at radius 1 is 1.57 bits per heavy atom. The topological polar surface area (TPSA) is 76.2 Å². The van der Waals surface area contributed by atoms with E-state index in [1.165, 1.54) is 11.7 Å². The number of rotatable bonds is 2. The number of aromatic carboxylic acids is 1. The molecule has 2 aromatic heterocycles. The molecular formula is C8H6N2O3S. The Morgan fingerprint density at radius 3 is 2.93 bits per heavy atom. The molecule has 0 atom stereocenters. The first kappa shape index (κ1) is 8.89. The average molecular weight is 210 g/mol. The van der Waals surface area contributed by atoms with E-state index in [1.807, 2.05) is 0 Å². The van der Waals surface area contributed by atoms with E-state index in [2.05, 4.69) is 9.97 Å². The zero-order valence-electron chi connectivity index (χ0n) is 7.22. The predicted octanol–water partition coefficient (Wildman–Crippen LogP) is 1.80. The molecule has 0 bridgehead atoms. The van der Waals surface area contributed by atoms with E-state index < -0.39 is 5.97 Å². The lowest BCUT2D eigenvalue weighted by Crippen LogP contribution is -1.95. The van der Waals surface area contributed by atoms with Gasteiger partial charge in [0.05, 0.1) is 11.7 Å². The van der Waals surface area contributed by atoms with Crippen LogP contribution in [-0.2, 0) is 0 Å². The van der Waals surface area contributed by atoms with E-state index in [9.17, 15) is 4.79 Å². The zero-order chi connectivity index (χ0) is 10.1. The molecule has 0 aromatic carbocycles. The second-order valence-corrected chi connectivity index (χ2v) is 3.47. The van der Waals surface area contributed by atoms with Crippen molar-refractivity contribution in [2.75, 3.05) is 0 Å². The maximum Gasteiger partial charge on any atom is 0.348 e. The van der Waals surface area contributed by atoms with Gasteiger partial charge in [0, 0.05) is 0 Å². The van der Waals surface area contributed by atoms with Crippen molar-refractivity contribution in [1.29, 1.82) is 0 Å². The van der Waals surface area contributed by atoms with Crippen molar-refractivity contribution in [1.82, 2.24) is 9.97 Å². The number of carboxylic acid groups (broad SMARTS) is 1. The van der Waals surface area contributed by atoms with Gasteiger partial charge in [-0.05, 0) is 6.92 Å². The van der Waals surface area contributed by atoms with E-state index in [1.54, 1.807) is 6.92 Å². The first-order chi connectivity index (χ1) is 6.68. The van der Waals surface area contributed by atoms with Crippen molar-refractivity contribution in [3.05, 3.63) is 22.3 Å². The van der Waals surface area contributed by atoms with E-state index in [0.29, 0.717) is 5.76 Å². The van der Waals surface area contributed by atoms with Crippen LogP contribution >= 0.6 is 11.3 Å². The smallest absolute Gasteiger partial charge is 0.348 e. The van der Waals surface area contributed by atoms with Gasteiger partial charge in [0.2, 0.25) is 5.89 Å². The van der Waals surface area contributed by atoms with Crippen LogP contribution in [0.1, 0.15) is 15.4 Å². The first-order valence-electron chi connectivity index (χ1n) is 3.78. The molecule has 6 heteroatoms. The number of thiazole rings is 1. The highest BCUT2D eigenvalue weighted by atomic mass is 32.1. The quantitative estimate of drug-likeness (QED) is 0.817. The number of oxazole rings is 1. The number of hydrogen-bond donors (Lipinski definition) is 1. The van der Waals surface area contributed by atoms with Gasteiger partial charge in [0.1, 0.15) is 10.6 Å². The number of carboxylic acids is 1. The largest absolute Gasteiger partial charge is 0.477 e. The molecule has 72 valence electrons. The molecule has 0 spiro atoms. The lowest BCUT2D eigenvalue weighted by atomic mass is 10.3. The maximum absolute atomic E-state index is 10.8. The summed E-state index contributed by atoms with van der Waals surface area (Å²) in [5, 5.41) is 8.82. The summed E-state index contributed by atoms with van der Waals surface area (Å²) >= 11 is 1.05. The monoisotopic (exact) mass is 210 g/mol. The van der Waals surface area contributed by atoms with Crippen LogP contribution in [0.15, 0.2) is 16.1 Å². The van der Waals surface area contributed by atoms with E-state index in [-0.39, 0.29) is 16.5 Å². The molecule has 0 fully saturated rings. The Hall–Kier alpha value is -1.69. The molecule has 0 saturated heterocycles. The first-order valence-corrected chi connectivity index (χ1v) is 4.66. The fourth-order valence-corrected chi connectivity index (χ4v) is 1.63. The molecule has 0 aliphatic rings. The van der Waals surface area contributed by atoms with Crippen molar-refractivity contribution in [3.63, 3.8) is 0 Å². The number of aryl methyl sites for hydroxylation is 1. The van der Waals surface area contributed by atoms with Gasteiger partial charge >= 0.3 is 5.97 Å². The van der Waals surface area contributed by atoms with Crippen molar-refractivity contribution >= 4 is 17.3 Å². The van der Waals surface area contributed by atoms with Crippen LogP contribution in [0.25, 0.3) is 11.6 Å². The van der Waals surface area contributed by atoms with Gasteiger partial charge in [-0.3, -0.25) is 0 Å². The molecule has 1 N–H and O–H groups in total. The lowest BCUT2D eigenvalue weighted by molar-refractivity contribution is 0.0702. The van der Waals surface area contributed by atoms with Crippen LogP contribution in [0.3, 0.4) is 0 Å². The minimum atomic E-state index is -1.02. The third-order valence-corrected chi connectivity index (χ3v) is 2.40. The summed E-state index contributed by atoms with van der Waals surface area (Å²) in [6, 6.07) is 0. The standard InChI is InChI=1S/C8H6N2O3S/c1-4-2-9-7(13-4)5-6(8(11)12)14-3-10-5/h2-3H,1H3,(H,11,12).